The molecule has 0 saturated carbocycles. The second-order valence-corrected chi connectivity index (χ2v) is 10.5. The molecule has 0 fully saturated rings. The Balaban J connectivity index is 1.71. The van der Waals surface area contributed by atoms with Crippen LogP contribution in [0.4, 0.5) is 21.7 Å². The van der Waals surface area contributed by atoms with Crippen LogP contribution >= 0.6 is 11.6 Å². The Morgan fingerprint density at radius 2 is 1.74 bits per heavy atom. The number of carbonyl (C=O) groups is 1. The van der Waals surface area contributed by atoms with Gasteiger partial charge in [0.2, 0.25) is 5.95 Å². The molecule has 210 valence electrons. The molecule has 0 saturated heterocycles. The van der Waals surface area contributed by atoms with Crippen LogP contribution in [-0.2, 0) is 6.61 Å². The maximum atomic E-state index is 15.0. The minimum atomic E-state index is -0.779. The summed E-state index contributed by atoms with van der Waals surface area (Å²) in [5.41, 5.74) is 3.05. The van der Waals surface area contributed by atoms with Gasteiger partial charge in [-0.2, -0.15) is 0 Å². The maximum absolute atomic E-state index is 15.0. The molecule has 0 atom stereocenters. The maximum Gasteiger partial charge on any atom is 0.254 e. The van der Waals surface area contributed by atoms with E-state index in [2.05, 4.69) is 72.3 Å². The number of hydrogen-bond donors (Lipinski definition) is 2. The molecule has 2 N–H and O–H groups in total. The third kappa shape index (κ3) is 7.72. The Morgan fingerprint density at radius 1 is 1.10 bits per heavy atom. The summed E-state index contributed by atoms with van der Waals surface area (Å²) in [7, 11) is 2.80. The predicted octanol–water partition coefficient (Wildman–Crippen LogP) is 6.39. The number of nitrogens with zero attached hydrogens (tertiary/aromatic N) is 3. The van der Waals surface area contributed by atoms with Crippen LogP contribution < -0.4 is 25.0 Å². The average molecular weight is 558 g/mol. The normalized spacial score (nSPS) is 11.1. The third-order valence-electron chi connectivity index (χ3n) is 5.93. The molecule has 1 heterocycles. The van der Waals surface area contributed by atoms with Crippen LogP contribution in [0, 0.1) is 24.6 Å². The highest BCUT2D eigenvalue weighted by Crippen LogP contribution is 2.33. The second-order valence-electron chi connectivity index (χ2n) is 10.2. The summed E-state index contributed by atoms with van der Waals surface area (Å²) in [6, 6.07) is 7.47. The number of benzene rings is 2. The van der Waals surface area contributed by atoms with Crippen LogP contribution in [0.3, 0.4) is 0 Å². The molecule has 10 heteroatoms. The van der Waals surface area contributed by atoms with Gasteiger partial charge in [-0.3, -0.25) is 4.79 Å². The van der Waals surface area contributed by atoms with Gasteiger partial charge in [0.05, 0.1) is 30.1 Å². The fourth-order valence-corrected chi connectivity index (χ4v) is 4.49. The fourth-order valence-electron chi connectivity index (χ4n) is 4.22. The number of nitrogens with one attached hydrogen (secondary N) is 2. The molecule has 39 heavy (non-hydrogen) atoms. The minimum absolute atomic E-state index is 0.00337. The molecule has 0 aliphatic rings. The van der Waals surface area contributed by atoms with Gasteiger partial charge in [-0.1, -0.05) is 39.3 Å². The molecule has 0 spiro atoms. The third-order valence-corrected chi connectivity index (χ3v) is 6.34. The van der Waals surface area contributed by atoms with E-state index in [0.29, 0.717) is 23.5 Å². The predicted molar refractivity (Wildman–Crippen MR) is 154 cm³/mol. The number of aromatic nitrogens is 2. The highest BCUT2D eigenvalue weighted by molar-refractivity contribution is 6.33. The van der Waals surface area contributed by atoms with Crippen molar-refractivity contribution in [2.24, 2.45) is 11.8 Å². The lowest BCUT2D eigenvalue weighted by molar-refractivity contribution is 0.0958. The highest BCUT2D eigenvalue weighted by atomic mass is 35.5. The second kappa shape index (κ2) is 13.5. The Bertz CT molecular complexity index is 1270. The molecule has 3 aromatic rings. The Labute approximate surface area is 234 Å². The van der Waals surface area contributed by atoms with Crippen molar-refractivity contribution in [1.29, 1.82) is 0 Å². The van der Waals surface area contributed by atoms with E-state index in [0.717, 1.165) is 24.3 Å². The largest absolute Gasteiger partial charge is 0.495 e. The van der Waals surface area contributed by atoms with Gasteiger partial charge in [0, 0.05) is 37.1 Å². The summed E-state index contributed by atoms with van der Waals surface area (Å²) in [4.78, 5) is 23.1. The van der Waals surface area contributed by atoms with Gasteiger partial charge in [0.15, 0.2) is 5.75 Å². The first-order valence-corrected chi connectivity index (χ1v) is 13.3. The van der Waals surface area contributed by atoms with E-state index in [-0.39, 0.29) is 28.5 Å². The van der Waals surface area contributed by atoms with Gasteiger partial charge in [-0.25, -0.2) is 14.4 Å². The van der Waals surface area contributed by atoms with E-state index < -0.39 is 11.7 Å². The molecule has 8 nitrogen and oxygen atoms in total. The van der Waals surface area contributed by atoms with E-state index in [1.807, 2.05) is 6.07 Å². The van der Waals surface area contributed by atoms with E-state index in [4.69, 9.17) is 21.1 Å². The molecule has 0 aliphatic heterocycles. The smallest absolute Gasteiger partial charge is 0.254 e. The first-order chi connectivity index (χ1) is 18.5. The molecule has 1 amide bonds. The van der Waals surface area contributed by atoms with Gasteiger partial charge < -0.3 is 25.0 Å². The first kappa shape index (κ1) is 30.0. The first-order valence-electron chi connectivity index (χ1n) is 12.9. The summed E-state index contributed by atoms with van der Waals surface area (Å²) < 4.78 is 25.9. The number of anilines is 3. The number of amides is 1. The van der Waals surface area contributed by atoms with Crippen molar-refractivity contribution in [3.05, 3.63) is 64.2 Å². The monoisotopic (exact) mass is 557 g/mol. The lowest BCUT2D eigenvalue weighted by Gasteiger charge is -2.30. The van der Waals surface area contributed by atoms with Crippen LogP contribution in [0.2, 0.25) is 5.02 Å². The van der Waals surface area contributed by atoms with E-state index in [9.17, 15) is 4.79 Å². The van der Waals surface area contributed by atoms with Crippen molar-refractivity contribution in [2.45, 2.75) is 41.2 Å². The van der Waals surface area contributed by atoms with Gasteiger partial charge in [0.25, 0.3) is 5.91 Å². The van der Waals surface area contributed by atoms with Gasteiger partial charge >= 0.3 is 0 Å². The van der Waals surface area contributed by atoms with Crippen LogP contribution in [0.15, 0.2) is 36.7 Å². The fraction of sp³-hybridized carbons (Fsp3) is 0.414. The van der Waals surface area contributed by atoms with Crippen molar-refractivity contribution in [3.63, 3.8) is 0 Å². The zero-order valence-electron chi connectivity index (χ0n) is 23.6. The summed E-state index contributed by atoms with van der Waals surface area (Å²) in [5, 5.41) is 5.64. The van der Waals surface area contributed by atoms with Crippen molar-refractivity contribution in [2.75, 3.05) is 37.5 Å². The molecular formula is C29H37ClFN5O3. The molecule has 2 aromatic carbocycles. The number of halogens is 2. The molecule has 0 radical (unpaired) electrons. The van der Waals surface area contributed by atoms with Gasteiger partial charge in [0.1, 0.15) is 18.2 Å². The summed E-state index contributed by atoms with van der Waals surface area (Å²) in [6.45, 7) is 12.8. The number of hydrogen-bond acceptors (Lipinski definition) is 7. The van der Waals surface area contributed by atoms with E-state index >= 15 is 4.39 Å². The summed E-state index contributed by atoms with van der Waals surface area (Å²) >= 11 is 6.29. The molecular weight excluding hydrogens is 521 g/mol. The lowest BCUT2D eigenvalue weighted by Crippen LogP contribution is -2.31. The highest BCUT2D eigenvalue weighted by Gasteiger charge is 2.22. The quantitative estimate of drug-likeness (QED) is 0.267. The van der Waals surface area contributed by atoms with E-state index in [1.54, 1.807) is 0 Å². The Hall–Kier alpha value is -3.59. The summed E-state index contributed by atoms with van der Waals surface area (Å²) in [5.74, 6) is 0.614. The Morgan fingerprint density at radius 3 is 2.28 bits per heavy atom. The van der Waals surface area contributed by atoms with Crippen LogP contribution in [0.5, 0.6) is 11.5 Å². The van der Waals surface area contributed by atoms with E-state index in [1.165, 1.54) is 38.3 Å². The molecule has 3 rings (SSSR count). The zero-order chi connectivity index (χ0) is 28.7. The van der Waals surface area contributed by atoms with Crippen LogP contribution in [0.1, 0.15) is 49.2 Å². The van der Waals surface area contributed by atoms with Crippen LogP contribution in [0.25, 0.3) is 0 Å². The van der Waals surface area contributed by atoms with Crippen molar-refractivity contribution < 1.29 is 18.7 Å². The number of rotatable bonds is 12. The number of carbonyl (C=O) groups excluding carboxylic acids is 1. The average Bonchev–Trinajstić information content (AvgIpc) is 2.88. The molecule has 0 unspecified atom stereocenters. The van der Waals surface area contributed by atoms with Gasteiger partial charge in [-0.15, -0.1) is 0 Å². The molecule has 1 aromatic heterocycles. The SMILES string of the molecule is CNC(=O)c1cc(OC)c(Cl)c(COc2cnc(Nc3ccc(N(CC(C)C)CC(C)C)c(C)c3)nc2)c1F. The zero-order valence-corrected chi connectivity index (χ0v) is 24.3. The minimum Gasteiger partial charge on any atom is -0.495 e. The summed E-state index contributed by atoms with van der Waals surface area (Å²) in [6.07, 6.45) is 2.96. The molecule has 0 bridgehead atoms. The standard InChI is InChI=1S/C29H37ClFN5O3/c1-17(2)14-36(15-18(3)4)24-9-8-20(10-19(24)5)35-29-33-12-21(13-34-29)39-16-23-26(30)25(38-7)11-22(27(23)31)28(37)32-6/h8-13,17-18H,14-16H2,1-7H3,(H,32,37)(H,33,34,35). The lowest BCUT2D eigenvalue weighted by atomic mass is 10.1. The number of aryl methyl sites for hydroxylation is 1. The number of methoxy groups -OCH3 is 1. The van der Waals surface area contributed by atoms with Crippen LogP contribution in [-0.4, -0.2) is 43.1 Å². The topological polar surface area (TPSA) is 88.6 Å². The van der Waals surface area contributed by atoms with Gasteiger partial charge in [-0.05, 0) is 48.6 Å². The van der Waals surface area contributed by atoms with Crippen molar-refractivity contribution >= 4 is 34.8 Å². The number of ether oxygens (including phenoxy) is 2. The van der Waals surface area contributed by atoms with Crippen molar-refractivity contribution in [1.82, 2.24) is 15.3 Å². The molecule has 0 aliphatic carbocycles. The Kier molecular flexibility index (Phi) is 10.3. The van der Waals surface area contributed by atoms with Crippen molar-refractivity contribution in [3.8, 4) is 11.5 Å².